The van der Waals surface area contributed by atoms with Gasteiger partial charge in [-0.2, -0.15) is 0 Å². The summed E-state index contributed by atoms with van der Waals surface area (Å²) in [4.78, 5) is 0.326. The van der Waals surface area contributed by atoms with Gasteiger partial charge < -0.3 is 5.32 Å². The third-order valence-corrected chi connectivity index (χ3v) is 4.85. The van der Waals surface area contributed by atoms with E-state index < -0.39 is 9.84 Å². The zero-order chi connectivity index (χ0) is 17.2. The zero-order valence-electron chi connectivity index (χ0n) is 13.4. The number of nitrogens with one attached hydrogen (secondary N) is 1. The van der Waals surface area contributed by atoms with Gasteiger partial charge in [-0.15, -0.1) is 5.10 Å². The highest BCUT2D eigenvalue weighted by Gasteiger charge is 2.10. The third kappa shape index (κ3) is 3.62. The Labute approximate surface area is 141 Å². The maximum absolute atomic E-state index is 11.5. The van der Waals surface area contributed by atoms with Crippen molar-refractivity contribution in [2.45, 2.75) is 17.9 Å². The molecule has 24 heavy (non-hydrogen) atoms. The van der Waals surface area contributed by atoms with Crippen LogP contribution in [0.3, 0.4) is 0 Å². The fourth-order valence-corrected chi connectivity index (χ4v) is 3.05. The molecule has 0 saturated carbocycles. The van der Waals surface area contributed by atoms with Crippen molar-refractivity contribution in [1.82, 2.24) is 15.0 Å². The number of aromatic nitrogens is 3. The lowest BCUT2D eigenvalue weighted by molar-refractivity contribution is 0.602. The van der Waals surface area contributed by atoms with Crippen LogP contribution in [-0.4, -0.2) is 29.7 Å². The van der Waals surface area contributed by atoms with Crippen molar-refractivity contribution in [2.24, 2.45) is 0 Å². The molecule has 0 spiro atoms. The second kappa shape index (κ2) is 6.45. The predicted octanol–water partition coefficient (Wildman–Crippen LogP) is 2.84. The zero-order valence-corrected chi connectivity index (χ0v) is 14.2. The first kappa shape index (κ1) is 16.2. The Morgan fingerprint density at radius 3 is 2.50 bits per heavy atom. The number of benzene rings is 2. The Hall–Kier alpha value is -2.67. The van der Waals surface area contributed by atoms with E-state index in [1.807, 2.05) is 43.3 Å². The van der Waals surface area contributed by atoms with E-state index in [0.29, 0.717) is 4.90 Å². The molecule has 0 saturated heterocycles. The van der Waals surface area contributed by atoms with Crippen molar-refractivity contribution in [3.05, 3.63) is 66.5 Å². The first-order valence-corrected chi connectivity index (χ1v) is 9.36. The van der Waals surface area contributed by atoms with Crippen LogP contribution in [0.15, 0.2) is 65.8 Å². The molecule has 3 aromatic rings. The molecule has 0 aliphatic carbocycles. The summed E-state index contributed by atoms with van der Waals surface area (Å²) in [7, 11) is -3.17. The number of sulfone groups is 1. The highest BCUT2D eigenvalue weighted by molar-refractivity contribution is 7.90. The second-order valence-electron chi connectivity index (χ2n) is 5.61. The lowest BCUT2D eigenvalue weighted by Crippen LogP contribution is -2.07. The fourth-order valence-electron chi connectivity index (χ4n) is 2.42. The average Bonchev–Trinajstić information content (AvgIpc) is 3.09. The molecule has 0 fully saturated rings. The molecule has 124 valence electrons. The summed E-state index contributed by atoms with van der Waals surface area (Å²) in [6.45, 7) is 2.03. The summed E-state index contributed by atoms with van der Waals surface area (Å²) in [5.41, 5.74) is 2.87. The number of rotatable bonds is 5. The number of nitrogens with zero attached hydrogens (tertiary/aromatic N) is 3. The molecule has 7 heteroatoms. The van der Waals surface area contributed by atoms with Crippen molar-refractivity contribution < 1.29 is 8.42 Å². The van der Waals surface area contributed by atoms with Crippen molar-refractivity contribution in [3.8, 4) is 5.69 Å². The average molecular weight is 342 g/mol. The number of anilines is 1. The Kier molecular flexibility index (Phi) is 4.35. The molecule has 2 aromatic carbocycles. The van der Waals surface area contributed by atoms with Crippen LogP contribution >= 0.6 is 0 Å². The highest BCUT2D eigenvalue weighted by atomic mass is 32.2. The van der Waals surface area contributed by atoms with Crippen LogP contribution in [0.5, 0.6) is 0 Å². The fraction of sp³-hybridized carbons (Fsp3) is 0.176. The molecule has 0 aliphatic rings. The molecule has 1 atom stereocenters. The Morgan fingerprint density at radius 2 is 1.88 bits per heavy atom. The van der Waals surface area contributed by atoms with E-state index in [-0.39, 0.29) is 6.04 Å². The lowest BCUT2D eigenvalue weighted by atomic mass is 10.1. The van der Waals surface area contributed by atoms with Crippen LogP contribution in [0.4, 0.5) is 5.69 Å². The van der Waals surface area contributed by atoms with E-state index in [0.717, 1.165) is 16.9 Å². The summed E-state index contributed by atoms with van der Waals surface area (Å²) in [5, 5.41) is 11.2. The molecule has 0 bridgehead atoms. The summed E-state index contributed by atoms with van der Waals surface area (Å²) < 4.78 is 24.7. The minimum atomic E-state index is -3.17. The molecule has 0 radical (unpaired) electrons. The molecule has 0 unspecified atom stereocenters. The van der Waals surface area contributed by atoms with Crippen LogP contribution in [0.1, 0.15) is 18.5 Å². The van der Waals surface area contributed by atoms with Gasteiger partial charge in [0.15, 0.2) is 9.84 Å². The minimum Gasteiger partial charge on any atom is -0.378 e. The minimum absolute atomic E-state index is 0.0320. The van der Waals surface area contributed by atoms with Gasteiger partial charge in [-0.25, -0.2) is 13.1 Å². The third-order valence-electron chi connectivity index (χ3n) is 3.72. The van der Waals surface area contributed by atoms with Crippen LogP contribution in [0.2, 0.25) is 0 Å². The van der Waals surface area contributed by atoms with Crippen LogP contribution in [0.25, 0.3) is 5.69 Å². The largest absolute Gasteiger partial charge is 0.378 e. The summed E-state index contributed by atoms with van der Waals surface area (Å²) in [5.74, 6) is 0. The van der Waals surface area contributed by atoms with Crippen molar-refractivity contribution in [2.75, 3.05) is 11.6 Å². The lowest BCUT2D eigenvalue weighted by Gasteiger charge is -2.16. The van der Waals surface area contributed by atoms with Gasteiger partial charge in [-0.05, 0) is 42.8 Å². The summed E-state index contributed by atoms with van der Waals surface area (Å²) in [6, 6.07) is 14.8. The monoisotopic (exact) mass is 342 g/mol. The van der Waals surface area contributed by atoms with Gasteiger partial charge in [0.2, 0.25) is 0 Å². The second-order valence-corrected chi connectivity index (χ2v) is 7.62. The first-order valence-electron chi connectivity index (χ1n) is 7.47. The van der Waals surface area contributed by atoms with E-state index in [9.17, 15) is 8.42 Å². The van der Waals surface area contributed by atoms with Gasteiger partial charge >= 0.3 is 0 Å². The van der Waals surface area contributed by atoms with E-state index >= 15 is 0 Å². The SMILES string of the molecule is C[C@H](Nc1cccc(-n2ccnn2)c1)c1ccc(S(C)(=O)=O)cc1. The van der Waals surface area contributed by atoms with Gasteiger partial charge in [-0.3, -0.25) is 0 Å². The molecule has 1 heterocycles. The number of hydrogen-bond acceptors (Lipinski definition) is 5. The summed E-state index contributed by atoms with van der Waals surface area (Å²) >= 11 is 0. The molecule has 1 N–H and O–H groups in total. The maximum atomic E-state index is 11.5. The van der Waals surface area contributed by atoms with Crippen LogP contribution in [-0.2, 0) is 9.84 Å². The standard InChI is InChI=1S/C17H18N4O2S/c1-13(14-6-8-17(9-7-14)24(2,22)23)19-15-4-3-5-16(12-15)21-11-10-18-20-21/h3-13,19H,1-2H3/t13-/m0/s1. The summed E-state index contributed by atoms with van der Waals surface area (Å²) in [6.07, 6.45) is 4.62. The molecule has 0 amide bonds. The smallest absolute Gasteiger partial charge is 0.175 e. The Balaban J connectivity index is 1.77. The number of hydrogen-bond donors (Lipinski definition) is 1. The van der Waals surface area contributed by atoms with Gasteiger partial charge in [0, 0.05) is 18.0 Å². The van der Waals surface area contributed by atoms with Crippen LogP contribution in [0, 0.1) is 0 Å². The van der Waals surface area contributed by atoms with Crippen molar-refractivity contribution >= 4 is 15.5 Å². The van der Waals surface area contributed by atoms with Crippen LogP contribution < -0.4 is 5.32 Å². The van der Waals surface area contributed by atoms with E-state index in [2.05, 4.69) is 15.6 Å². The molecule has 0 aliphatic heterocycles. The Morgan fingerprint density at radius 1 is 1.12 bits per heavy atom. The highest BCUT2D eigenvalue weighted by Crippen LogP contribution is 2.22. The maximum Gasteiger partial charge on any atom is 0.175 e. The van der Waals surface area contributed by atoms with Crippen molar-refractivity contribution in [1.29, 1.82) is 0 Å². The van der Waals surface area contributed by atoms with E-state index in [1.165, 1.54) is 6.26 Å². The van der Waals surface area contributed by atoms with Gasteiger partial charge in [0.25, 0.3) is 0 Å². The van der Waals surface area contributed by atoms with E-state index in [4.69, 9.17) is 0 Å². The van der Waals surface area contributed by atoms with Gasteiger partial charge in [0.05, 0.1) is 23.0 Å². The normalized spacial score (nSPS) is 12.8. The Bertz CT molecular complexity index is 919. The topological polar surface area (TPSA) is 76.9 Å². The van der Waals surface area contributed by atoms with Gasteiger partial charge in [-0.1, -0.05) is 23.4 Å². The molecular weight excluding hydrogens is 324 g/mol. The molecule has 3 rings (SSSR count). The molecule has 1 aromatic heterocycles. The predicted molar refractivity (Wildman–Crippen MR) is 92.9 cm³/mol. The van der Waals surface area contributed by atoms with E-state index in [1.54, 1.807) is 29.2 Å². The van der Waals surface area contributed by atoms with Gasteiger partial charge in [0.1, 0.15) is 0 Å². The van der Waals surface area contributed by atoms with Crippen molar-refractivity contribution in [3.63, 3.8) is 0 Å². The first-order chi connectivity index (χ1) is 11.4. The molecular formula is C17H18N4O2S. The quantitative estimate of drug-likeness (QED) is 0.771. The molecule has 6 nitrogen and oxygen atoms in total.